The molecule has 2 N–H and O–H groups in total. The van der Waals surface area contributed by atoms with E-state index in [2.05, 4.69) is 33.8 Å². The average Bonchev–Trinajstić information content (AvgIpc) is 2.60. The third-order valence-electron chi connectivity index (χ3n) is 4.10. The van der Waals surface area contributed by atoms with Crippen molar-refractivity contribution in [2.45, 2.75) is 26.7 Å². The summed E-state index contributed by atoms with van der Waals surface area (Å²) in [6.45, 7) is 6.26. The Morgan fingerprint density at radius 1 is 1.26 bits per heavy atom. The zero-order valence-corrected chi connectivity index (χ0v) is 20.1. The predicted octanol–water partition coefficient (Wildman–Crippen LogP) is 2.00. The summed E-state index contributed by atoms with van der Waals surface area (Å²) in [7, 11) is 0.276. The molecule has 1 rings (SSSR count). The van der Waals surface area contributed by atoms with Crippen LogP contribution in [0, 0.1) is 6.92 Å². The summed E-state index contributed by atoms with van der Waals surface area (Å²) in [5.41, 5.74) is 2.32. The van der Waals surface area contributed by atoms with Crippen molar-refractivity contribution in [2.24, 2.45) is 4.99 Å². The van der Waals surface area contributed by atoms with Crippen molar-refractivity contribution in [3.05, 3.63) is 29.3 Å². The average molecular weight is 512 g/mol. The molecule has 0 aliphatic heterocycles. The topological polar surface area (TPSA) is 83.0 Å². The summed E-state index contributed by atoms with van der Waals surface area (Å²) >= 11 is 0. The van der Waals surface area contributed by atoms with E-state index in [1.165, 1.54) is 16.1 Å². The molecule has 156 valence electrons. The van der Waals surface area contributed by atoms with Crippen molar-refractivity contribution in [3.8, 4) is 5.75 Å². The van der Waals surface area contributed by atoms with Crippen LogP contribution in [0.2, 0.25) is 0 Å². The molecule has 0 atom stereocenters. The van der Waals surface area contributed by atoms with E-state index in [1.54, 1.807) is 14.2 Å². The van der Waals surface area contributed by atoms with Gasteiger partial charge in [0, 0.05) is 33.2 Å². The minimum absolute atomic E-state index is 0. The number of halogens is 1. The molecule has 0 aliphatic carbocycles. The second-order valence-corrected chi connectivity index (χ2v) is 8.07. The van der Waals surface area contributed by atoms with Gasteiger partial charge in [0.1, 0.15) is 5.75 Å². The number of aliphatic imine (C=N–C) groups is 1. The van der Waals surface area contributed by atoms with Crippen molar-refractivity contribution in [3.63, 3.8) is 0 Å². The Kier molecular flexibility index (Phi) is 12.6. The molecule has 0 amide bonds. The number of nitrogens with one attached hydrogen (secondary N) is 2. The Morgan fingerprint density at radius 3 is 2.48 bits per heavy atom. The van der Waals surface area contributed by atoms with Gasteiger partial charge >= 0.3 is 0 Å². The number of ether oxygens (including phenoxy) is 1. The van der Waals surface area contributed by atoms with Crippen molar-refractivity contribution in [1.29, 1.82) is 0 Å². The monoisotopic (exact) mass is 512 g/mol. The van der Waals surface area contributed by atoms with Crippen molar-refractivity contribution in [1.82, 2.24) is 14.9 Å². The fourth-order valence-electron chi connectivity index (χ4n) is 2.59. The van der Waals surface area contributed by atoms with Gasteiger partial charge in [-0.1, -0.05) is 19.1 Å². The van der Waals surface area contributed by atoms with Crippen LogP contribution in [-0.4, -0.2) is 65.3 Å². The molecule has 0 aromatic heterocycles. The van der Waals surface area contributed by atoms with Crippen LogP contribution < -0.4 is 15.4 Å². The summed E-state index contributed by atoms with van der Waals surface area (Å²) in [5.74, 6) is 1.61. The highest BCUT2D eigenvalue weighted by Gasteiger charge is 2.13. The molecule has 7 nitrogen and oxygen atoms in total. The lowest BCUT2D eigenvalue weighted by Gasteiger charge is -2.18. The number of hydrogen-bond donors (Lipinski definition) is 2. The highest BCUT2D eigenvalue weighted by atomic mass is 127. The molecule has 0 spiro atoms. The number of sulfonamides is 1. The maximum absolute atomic E-state index is 11.6. The molecular weight excluding hydrogens is 479 g/mol. The standard InChI is InChI=1S/C18H32N4O3S.HI/c1-6-22(26(5,23)24)13-7-11-20-18(19-3)21-12-10-16-9-8-15(2)17(14-16)25-4;/h8-9,14H,6-7,10-13H2,1-5H3,(H2,19,20,21);1H. The summed E-state index contributed by atoms with van der Waals surface area (Å²) in [6.07, 6.45) is 2.82. The quantitative estimate of drug-likeness (QED) is 0.217. The third-order valence-corrected chi connectivity index (χ3v) is 5.48. The fraction of sp³-hybridized carbons (Fsp3) is 0.611. The number of benzene rings is 1. The van der Waals surface area contributed by atoms with E-state index < -0.39 is 10.0 Å². The zero-order chi connectivity index (χ0) is 19.6. The summed E-state index contributed by atoms with van der Waals surface area (Å²) in [4.78, 5) is 4.19. The lowest BCUT2D eigenvalue weighted by atomic mass is 10.1. The fourth-order valence-corrected chi connectivity index (χ4v) is 3.52. The van der Waals surface area contributed by atoms with E-state index in [4.69, 9.17) is 4.74 Å². The number of nitrogens with zero attached hydrogens (tertiary/aromatic N) is 2. The molecule has 0 bridgehead atoms. The van der Waals surface area contributed by atoms with E-state index in [9.17, 15) is 8.42 Å². The molecule has 9 heteroatoms. The molecule has 0 saturated heterocycles. The Hall–Kier alpha value is -1.07. The minimum atomic E-state index is -3.13. The Labute approximate surface area is 181 Å². The van der Waals surface area contributed by atoms with Gasteiger partial charge in [0.15, 0.2) is 5.96 Å². The van der Waals surface area contributed by atoms with Gasteiger partial charge < -0.3 is 15.4 Å². The van der Waals surface area contributed by atoms with Crippen LogP contribution in [-0.2, 0) is 16.4 Å². The molecule has 27 heavy (non-hydrogen) atoms. The first kappa shape index (κ1) is 25.9. The number of rotatable bonds is 10. The van der Waals surface area contributed by atoms with Gasteiger partial charge in [-0.3, -0.25) is 4.99 Å². The smallest absolute Gasteiger partial charge is 0.211 e. The van der Waals surface area contributed by atoms with Crippen LogP contribution in [0.1, 0.15) is 24.5 Å². The van der Waals surface area contributed by atoms with Crippen LogP contribution in [0.4, 0.5) is 0 Å². The molecule has 0 heterocycles. The Balaban J connectivity index is 0.00000676. The first-order chi connectivity index (χ1) is 12.3. The maximum Gasteiger partial charge on any atom is 0.211 e. The van der Waals surface area contributed by atoms with E-state index >= 15 is 0 Å². The van der Waals surface area contributed by atoms with Crippen LogP contribution in [0.5, 0.6) is 5.75 Å². The molecule has 0 aliphatic rings. The maximum atomic E-state index is 11.6. The molecule has 0 saturated carbocycles. The van der Waals surface area contributed by atoms with Gasteiger partial charge in [0.2, 0.25) is 10.0 Å². The normalized spacial score (nSPS) is 11.9. The van der Waals surface area contributed by atoms with Crippen LogP contribution in [0.15, 0.2) is 23.2 Å². The third kappa shape index (κ3) is 9.61. The Bertz CT molecular complexity index is 696. The molecule has 1 aromatic rings. The lowest BCUT2D eigenvalue weighted by molar-refractivity contribution is 0.411. The number of hydrogen-bond acceptors (Lipinski definition) is 4. The van der Waals surface area contributed by atoms with E-state index in [0.717, 1.165) is 30.7 Å². The van der Waals surface area contributed by atoms with E-state index in [1.807, 2.05) is 13.8 Å². The number of methoxy groups -OCH3 is 1. The lowest BCUT2D eigenvalue weighted by Crippen LogP contribution is -2.40. The highest BCUT2D eigenvalue weighted by molar-refractivity contribution is 14.0. The van der Waals surface area contributed by atoms with Crippen molar-refractivity contribution in [2.75, 3.05) is 46.6 Å². The molecule has 0 unspecified atom stereocenters. The van der Waals surface area contributed by atoms with Crippen LogP contribution in [0.25, 0.3) is 0 Å². The van der Waals surface area contributed by atoms with Gasteiger partial charge in [0.05, 0.1) is 13.4 Å². The van der Waals surface area contributed by atoms with Gasteiger partial charge in [-0.25, -0.2) is 12.7 Å². The molecule has 0 radical (unpaired) electrons. The molecular formula is C18H33IN4O3S. The summed E-state index contributed by atoms with van der Waals surface area (Å²) in [5, 5.41) is 6.48. The van der Waals surface area contributed by atoms with Gasteiger partial charge in [-0.05, 0) is 37.0 Å². The minimum Gasteiger partial charge on any atom is -0.496 e. The highest BCUT2D eigenvalue weighted by Crippen LogP contribution is 2.18. The second-order valence-electron chi connectivity index (χ2n) is 6.09. The number of aryl methyl sites for hydroxylation is 1. The van der Waals surface area contributed by atoms with Gasteiger partial charge in [0.25, 0.3) is 0 Å². The van der Waals surface area contributed by atoms with Gasteiger partial charge in [-0.15, -0.1) is 24.0 Å². The zero-order valence-electron chi connectivity index (χ0n) is 16.9. The summed E-state index contributed by atoms with van der Waals surface area (Å²) in [6, 6.07) is 6.21. The van der Waals surface area contributed by atoms with E-state index in [-0.39, 0.29) is 24.0 Å². The number of guanidine groups is 1. The van der Waals surface area contributed by atoms with Crippen molar-refractivity contribution < 1.29 is 13.2 Å². The first-order valence-electron chi connectivity index (χ1n) is 8.85. The summed E-state index contributed by atoms with van der Waals surface area (Å²) < 4.78 is 29.9. The SMILES string of the molecule is CCN(CCCNC(=NC)NCCc1ccc(C)c(OC)c1)S(C)(=O)=O.I. The largest absolute Gasteiger partial charge is 0.496 e. The Morgan fingerprint density at radius 2 is 1.93 bits per heavy atom. The predicted molar refractivity (Wildman–Crippen MR) is 123 cm³/mol. The van der Waals surface area contributed by atoms with E-state index in [0.29, 0.717) is 25.6 Å². The van der Waals surface area contributed by atoms with Crippen LogP contribution in [0.3, 0.4) is 0 Å². The van der Waals surface area contributed by atoms with Gasteiger partial charge in [-0.2, -0.15) is 0 Å². The molecule has 0 fully saturated rings. The second kappa shape index (κ2) is 13.2. The molecule has 1 aromatic carbocycles. The first-order valence-corrected chi connectivity index (χ1v) is 10.7. The van der Waals surface area contributed by atoms with Crippen LogP contribution >= 0.6 is 24.0 Å². The van der Waals surface area contributed by atoms with Crippen molar-refractivity contribution >= 4 is 40.0 Å².